The largest absolute Gasteiger partial charge is 0.334 e. The number of rotatable bonds is 4. The van der Waals surface area contributed by atoms with E-state index in [0.29, 0.717) is 6.04 Å². The third-order valence-corrected chi connectivity index (χ3v) is 3.07. The SMILES string of the molecule is CNC(C)Cc1ccc(-c2nccn2C)cc1. The number of hydrogen-bond acceptors (Lipinski definition) is 2. The van der Waals surface area contributed by atoms with Crippen LogP contribution < -0.4 is 5.32 Å². The van der Waals surface area contributed by atoms with Crippen LogP contribution in [0.1, 0.15) is 12.5 Å². The van der Waals surface area contributed by atoms with Crippen molar-refractivity contribution < 1.29 is 0 Å². The van der Waals surface area contributed by atoms with Gasteiger partial charge >= 0.3 is 0 Å². The molecule has 0 spiro atoms. The van der Waals surface area contributed by atoms with Crippen LogP contribution in [0.5, 0.6) is 0 Å². The molecule has 1 aromatic heterocycles. The lowest BCUT2D eigenvalue weighted by Gasteiger charge is -2.10. The molecule has 1 N–H and O–H groups in total. The van der Waals surface area contributed by atoms with E-state index in [4.69, 9.17) is 0 Å². The molecule has 0 radical (unpaired) electrons. The maximum absolute atomic E-state index is 4.34. The summed E-state index contributed by atoms with van der Waals surface area (Å²) in [5, 5.41) is 3.25. The summed E-state index contributed by atoms with van der Waals surface area (Å²) in [6, 6.07) is 9.14. The first-order chi connectivity index (χ1) is 8.20. The lowest BCUT2D eigenvalue weighted by atomic mass is 10.1. The van der Waals surface area contributed by atoms with Crippen molar-refractivity contribution in [2.75, 3.05) is 7.05 Å². The molecule has 2 rings (SSSR count). The summed E-state index contributed by atoms with van der Waals surface area (Å²) in [5.74, 6) is 1.01. The predicted octanol–water partition coefficient (Wildman–Crippen LogP) is 2.24. The molecule has 17 heavy (non-hydrogen) atoms. The van der Waals surface area contributed by atoms with Crippen molar-refractivity contribution in [3.8, 4) is 11.4 Å². The summed E-state index contributed by atoms with van der Waals surface area (Å²) in [6.45, 7) is 2.19. The van der Waals surface area contributed by atoms with Gasteiger partial charge in [-0.25, -0.2) is 4.98 Å². The van der Waals surface area contributed by atoms with Gasteiger partial charge in [0.1, 0.15) is 5.82 Å². The van der Waals surface area contributed by atoms with Gasteiger partial charge in [0, 0.05) is 31.0 Å². The van der Waals surface area contributed by atoms with Crippen molar-refractivity contribution in [3.63, 3.8) is 0 Å². The Morgan fingerprint density at radius 3 is 2.53 bits per heavy atom. The normalized spacial score (nSPS) is 12.6. The lowest BCUT2D eigenvalue weighted by molar-refractivity contribution is 0.608. The van der Waals surface area contributed by atoms with Gasteiger partial charge in [0.15, 0.2) is 0 Å². The van der Waals surface area contributed by atoms with Gasteiger partial charge in [-0.1, -0.05) is 24.3 Å². The Labute approximate surface area is 103 Å². The predicted molar refractivity (Wildman–Crippen MR) is 70.9 cm³/mol. The van der Waals surface area contributed by atoms with E-state index in [-0.39, 0.29) is 0 Å². The molecule has 0 fully saturated rings. The van der Waals surface area contributed by atoms with Gasteiger partial charge < -0.3 is 9.88 Å². The van der Waals surface area contributed by atoms with Crippen LogP contribution in [-0.4, -0.2) is 22.6 Å². The molecular formula is C14H19N3. The Kier molecular flexibility index (Phi) is 3.59. The first kappa shape index (κ1) is 11.9. The van der Waals surface area contributed by atoms with Crippen LogP contribution >= 0.6 is 0 Å². The van der Waals surface area contributed by atoms with E-state index in [9.17, 15) is 0 Å². The Balaban J connectivity index is 2.16. The van der Waals surface area contributed by atoms with E-state index in [1.807, 2.05) is 31.1 Å². The van der Waals surface area contributed by atoms with Gasteiger partial charge in [0.2, 0.25) is 0 Å². The molecule has 3 nitrogen and oxygen atoms in total. The summed E-state index contributed by atoms with van der Waals surface area (Å²) in [6.07, 6.45) is 4.84. The molecule has 1 atom stereocenters. The zero-order valence-electron chi connectivity index (χ0n) is 10.6. The highest BCUT2D eigenvalue weighted by Crippen LogP contribution is 2.17. The van der Waals surface area contributed by atoms with Gasteiger partial charge in [-0.05, 0) is 26.0 Å². The van der Waals surface area contributed by atoms with Crippen LogP contribution in [0.2, 0.25) is 0 Å². The minimum atomic E-state index is 0.508. The van der Waals surface area contributed by atoms with Crippen molar-refractivity contribution >= 4 is 0 Å². The maximum Gasteiger partial charge on any atom is 0.139 e. The quantitative estimate of drug-likeness (QED) is 0.871. The number of hydrogen-bond donors (Lipinski definition) is 1. The lowest BCUT2D eigenvalue weighted by Crippen LogP contribution is -2.23. The van der Waals surface area contributed by atoms with Crippen molar-refractivity contribution in [2.24, 2.45) is 7.05 Å². The molecule has 0 aliphatic rings. The van der Waals surface area contributed by atoms with Crippen LogP contribution in [0.15, 0.2) is 36.7 Å². The molecule has 0 aliphatic carbocycles. The molecule has 0 saturated carbocycles. The number of imidazole rings is 1. The molecule has 0 bridgehead atoms. The zero-order chi connectivity index (χ0) is 12.3. The summed E-state index contributed by atoms with van der Waals surface area (Å²) >= 11 is 0. The minimum Gasteiger partial charge on any atom is -0.334 e. The Bertz CT molecular complexity index is 470. The molecule has 2 aromatic rings. The summed E-state index contributed by atoms with van der Waals surface area (Å²) in [7, 11) is 4.01. The molecule has 1 aromatic carbocycles. The Morgan fingerprint density at radius 1 is 1.29 bits per heavy atom. The van der Waals surface area contributed by atoms with Crippen LogP contribution in [0.25, 0.3) is 11.4 Å². The summed E-state index contributed by atoms with van der Waals surface area (Å²) in [5.41, 5.74) is 2.52. The first-order valence-corrected chi connectivity index (χ1v) is 5.94. The number of aryl methyl sites for hydroxylation is 1. The summed E-state index contributed by atoms with van der Waals surface area (Å²) < 4.78 is 2.03. The van der Waals surface area contributed by atoms with Crippen molar-refractivity contribution in [3.05, 3.63) is 42.2 Å². The third kappa shape index (κ3) is 2.74. The number of benzene rings is 1. The van der Waals surface area contributed by atoms with Crippen LogP contribution in [0.3, 0.4) is 0 Å². The van der Waals surface area contributed by atoms with E-state index < -0.39 is 0 Å². The number of aromatic nitrogens is 2. The summed E-state index contributed by atoms with van der Waals surface area (Å²) in [4.78, 5) is 4.34. The smallest absolute Gasteiger partial charge is 0.139 e. The van der Waals surface area contributed by atoms with Crippen molar-refractivity contribution in [1.29, 1.82) is 0 Å². The van der Waals surface area contributed by atoms with Gasteiger partial charge in [-0.2, -0.15) is 0 Å². The third-order valence-electron chi connectivity index (χ3n) is 3.07. The standard InChI is InChI=1S/C14H19N3/c1-11(15-2)10-12-4-6-13(7-5-12)14-16-8-9-17(14)3/h4-9,11,15H,10H2,1-3H3. The molecule has 90 valence electrons. The van der Waals surface area contributed by atoms with E-state index >= 15 is 0 Å². The maximum atomic E-state index is 4.34. The van der Waals surface area contributed by atoms with E-state index in [1.54, 1.807) is 0 Å². The number of nitrogens with one attached hydrogen (secondary N) is 1. The van der Waals surface area contributed by atoms with Crippen LogP contribution in [0.4, 0.5) is 0 Å². The second-order valence-corrected chi connectivity index (χ2v) is 4.45. The van der Waals surface area contributed by atoms with E-state index in [2.05, 4.69) is 41.5 Å². The van der Waals surface area contributed by atoms with Crippen molar-refractivity contribution in [2.45, 2.75) is 19.4 Å². The average Bonchev–Trinajstić information content (AvgIpc) is 2.76. The monoisotopic (exact) mass is 229 g/mol. The second kappa shape index (κ2) is 5.15. The first-order valence-electron chi connectivity index (χ1n) is 5.94. The molecule has 0 aliphatic heterocycles. The molecule has 0 saturated heterocycles. The highest BCUT2D eigenvalue weighted by atomic mass is 15.0. The van der Waals surface area contributed by atoms with Gasteiger partial charge in [0.05, 0.1) is 0 Å². The van der Waals surface area contributed by atoms with Crippen LogP contribution in [0, 0.1) is 0 Å². The highest BCUT2D eigenvalue weighted by Gasteiger charge is 2.04. The van der Waals surface area contributed by atoms with Gasteiger partial charge in [-0.15, -0.1) is 0 Å². The van der Waals surface area contributed by atoms with Crippen LogP contribution in [-0.2, 0) is 13.5 Å². The molecule has 3 heteroatoms. The molecule has 1 unspecified atom stereocenters. The highest BCUT2D eigenvalue weighted by molar-refractivity contribution is 5.55. The fourth-order valence-electron chi connectivity index (χ4n) is 1.89. The minimum absolute atomic E-state index is 0.508. The average molecular weight is 229 g/mol. The molecule has 1 heterocycles. The Morgan fingerprint density at radius 2 is 2.00 bits per heavy atom. The van der Waals surface area contributed by atoms with Gasteiger partial charge in [0.25, 0.3) is 0 Å². The second-order valence-electron chi connectivity index (χ2n) is 4.45. The number of likely N-dealkylation sites (N-methyl/N-ethyl adjacent to an activating group) is 1. The van der Waals surface area contributed by atoms with E-state index in [0.717, 1.165) is 12.2 Å². The van der Waals surface area contributed by atoms with Crippen molar-refractivity contribution in [1.82, 2.24) is 14.9 Å². The molecular weight excluding hydrogens is 210 g/mol. The fraction of sp³-hybridized carbons (Fsp3) is 0.357. The van der Waals surface area contributed by atoms with E-state index in [1.165, 1.54) is 11.1 Å². The fourth-order valence-corrected chi connectivity index (χ4v) is 1.89. The molecule has 0 amide bonds. The van der Waals surface area contributed by atoms with Gasteiger partial charge in [-0.3, -0.25) is 0 Å². The Hall–Kier alpha value is -1.61. The number of nitrogens with zero attached hydrogens (tertiary/aromatic N) is 2. The zero-order valence-corrected chi connectivity index (χ0v) is 10.6. The topological polar surface area (TPSA) is 29.9 Å².